The van der Waals surface area contributed by atoms with E-state index >= 15 is 4.39 Å². The second kappa shape index (κ2) is 9.92. The van der Waals surface area contributed by atoms with Crippen LogP contribution in [0.25, 0.3) is 5.57 Å². The monoisotopic (exact) mass is 541 g/mol. The number of benzene rings is 1. The number of amidine groups is 1. The first kappa shape index (κ1) is 24.9. The number of rotatable bonds is 6. The van der Waals surface area contributed by atoms with Crippen molar-refractivity contribution in [3.05, 3.63) is 74.8 Å². The van der Waals surface area contributed by atoms with Crippen LogP contribution in [-0.4, -0.2) is 45.8 Å². The molecule has 1 fully saturated rings. The van der Waals surface area contributed by atoms with Crippen LogP contribution in [-0.2, 0) is 9.47 Å². The molecule has 190 valence electrons. The molecule has 13 heteroatoms. The van der Waals surface area contributed by atoms with Crippen LogP contribution in [0.15, 0.2) is 52.9 Å². The molecule has 1 N–H and O–H groups in total. The highest BCUT2D eigenvalue weighted by Gasteiger charge is 2.40. The first-order chi connectivity index (χ1) is 17.2. The number of hydrogen-bond donors (Lipinski definition) is 1. The van der Waals surface area contributed by atoms with Crippen molar-refractivity contribution in [1.82, 2.24) is 20.1 Å². The topological polar surface area (TPSA) is 73.6 Å². The molecule has 3 aromatic rings. The molecule has 2 aliphatic rings. The molecule has 0 saturated carbocycles. The molecule has 1 saturated heterocycles. The zero-order valence-electron chi connectivity index (χ0n) is 18.8. The summed E-state index contributed by atoms with van der Waals surface area (Å²) in [6.45, 7) is -1.67. The highest BCUT2D eigenvalue weighted by molar-refractivity contribution is 7.11. The van der Waals surface area contributed by atoms with E-state index in [9.17, 15) is 13.2 Å². The van der Waals surface area contributed by atoms with Gasteiger partial charge in [0, 0.05) is 46.1 Å². The number of aliphatic imine (C=N–C) groups is 1. The highest BCUT2D eigenvalue weighted by Crippen LogP contribution is 2.43. The quantitative estimate of drug-likeness (QED) is 0.416. The van der Waals surface area contributed by atoms with E-state index in [1.807, 2.05) is 0 Å². The fraction of sp³-hybridized carbons (Fsp3) is 0.348. The maximum absolute atomic E-state index is 15.9. The molecule has 4 heterocycles. The largest absolute Gasteiger partial charge is 0.350 e. The van der Waals surface area contributed by atoms with Crippen molar-refractivity contribution in [2.24, 2.45) is 4.99 Å². The number of allylic oxidation sites excluding steroid dienone is 1. The first-order valence-corrected chi connectivity index (χ1v) is 12.2. The van der Waals surface area contributed by atoms with E-state index in [2.05, 4.69) is 15.4 Å². The molecule has 0 spiro atoms. The van der Waals surface area contributed by atoms with Gasteiger partial charge in [0.2, 0.25) is 0 Å². The summed E-state index contributed by atoms with van der Waals surface area (Å²) in [6, 6.07) is 2.93. The van der Waals surface area contributed by atoms with E-state index in [4.69, 9.17) is 26.1 Å². The van der Waals surface area contributed by atoms with Gasteiger partial charge in [0.15, 0.2) is 22.8 Å². The fourth-order valence-corrected chi connectivity index (χ4v) is 4.95. The lowest BCUT2D eigenvalue weighted by molar-refractivity contribution is -0.224. The van der Waals surface area contributed by atoms with Gasteiger partial charge in [-0.15, -0.1) is 11.3 Å². The van der Waals surface area contributed by atoms with Gasteiger partial charge in [0.1, 0.15) is 11.9 Å². The van der Waals surface area contributed by atoms with Crippen LogP contribution in [0.3, 0.4) is 0 Å². The minimum atomic E-state index is -2.88. The lowest BCUT2D eigenvalue weighted by atomic mass is 9.88. The summed E-state index contributed by atoms with van der Waals surface area (Å²) in [5.74, 6) is -0.212. The molecule has 0 amide bonds. The van der Waals surface area contributed by atoms with Gasteiger partial charge in [0.05, 0.1) is 19.4 Å². The van der Waals surface area contributed by atoms with E-state index in [0.717, 1.165) is 12.3 Å². The van der Waals surface area contributed by atoms with Gasteiger partial charge in [-0.25, -0.2) is 18.4 Å². The van der Waals surface area contributed by atoms with Crippen LogP contribution in [0, 0.1) is 5.82 Å². The predicted octanol–water partition coefficient (Wildman–Crippen LogP) is 5.52. The van der Waals surface area contributed by atoms with Gasteiger partial charge >= 0.3 is 6.55 Å². The number of ether oxygens (including phenoxy) is 2. The van der Waals surface area contributed by atoms with Crippen molar-refractivity contribution in [3.8, 4) is 0 Å². The van der Waals surface area contributed by atoms with Crippen LogP contribution in [0.2, 0.25) is 5.02 Å². The minimum absolute atomic E-state index is 0.0790. The Labute approximate surface area is 212 Å². The molecule has 2 aromatic heterocycles. The zero-order valence-corrected chi connectivity index (χ0v) is 20.4. The van der Waals surface area contributed by atoms with Crippen molar-refractivity contribution in [2.75, 3.05) is 13.2 Å². The summed E-state index contributed by atoms with van der Waals surface area (Å²) >= 11 is 7.71. The van der Waals surface area contributed by atoms with Crippen molar-refractivity contribution >= 4 is 34.3 Å². The van der Waals surface area contributed by atoms with Gasteiger partial charge in [0.25, 0.3) is 0 Å². The Morgan fingerprint density at radius 2 is 2.08 bits per heavy atom. The fourth-order valence-electron chi connectivity index (χ4n) is 4.10. The molecule has 0 aliphatic carbocycles. The SMILES string of the molecule is C[C@H]1OC[C@@](F)(CC2=C(c3cnn(C(F)F)c3)[C@H](c3ccc(F)cc3Cl)N=C(c3nccs3)N2)CO1. The Kier molecular flexibility index (Phi) is 6.86. The van der Waals surface area contributed by atoms with Gasteiger partial charge in [-0.1, -0.05) is 17.7 Å². The number of halogens is 5. The highest BCUT2D eigenvalue weighted by atomic mass is 35.5. The van der Waals surface area contributed by atoms with Crippen molar-refractivity contribution in [3.63, 3.8) is 0 Å². The second-order valence-electron chi connectivity index (χ2n) is 8.40. The number of aromatic nitrogens is 3. The summed E-state index contributed by atoms with van der Waals surface area (Å²) < 4.78 is 67.8. The van der Waals surface area contributed by atoms with E-state index in [-0.39, 0.29) is 30.2 Å². The summed E-state index contributed by atoms with van der Waals surface area (Å²) in [5, 5.41) is 9.24. The third kappa shape index (κ3) is 5.03. The van der Waals surface area contributed by atoms with Crippen molar-refractivity contribution in [2.45, 2.75) is 37.9 Å². The van der Waals surface area contributed by atoms with Crippen LogP contribution in [0.4, 0.5) is 17.6 Å². The first-order valence-electron chi connectivity index (χ1n) is 10.9. The molecule has 1 atom stereocenters. The van der Waals surface area contributed by atoms with E-state index < -0.39 is 30.4 Å². The zero-order chi connectivity index (χ0) is 25.4. The maximum atomic E-state index is 15.9. The average Bonchev–Trinajstić information content (AvgIpc) is 3.53. The van der Waals surface area contributed by atoms with Gasteiger partial charge in [-0.3, -0.25) is 4.99 Å². The summed E-state index contributed by atoms with van der Waals surface area (Å²) in [6.07, 6.45) is 3.23. The van der Waals surface area contributed by atoms with Gasteiger partial charge in [-0.2, -0.15) is 13.9 Å². The third-order valence-electron chi connectivity index (χ3n) is 5.78. The Morgan fingerprint density at radius 1 is 1.31 bits per heavy atom. The minimum Gasteiger partial charge on any atom is -0.350 e. The molecule has 7 nitrogen and oxygen atoms in total. The molecule has 2 aliphatic heterocycles. The second-order valence-corrected chi connectivity index (χ2v) is 9.71. The Balaban J connectivity index is 1.67. The average molecular weight is 542 g/mol. The van der Waals surface area contributed by atoms with E-state index in [1.54, 1.807) is 18.5 Å². The predicted molar refractivity (Wildman–Crippen MR) is 126 cm³/mol. The van der Waals surface area contributed by atoms with Crippen molar-refractivity contribution in [1.29, 1.82) is 0 Å². The van der Waals surface area contributed by atoms with Gasteiger partial charge < -0.3 is 14.8 Å². The lowest BCUT2D eigenvalue weighted by Crippen LogP contribution is -2.45. The van der Waals surface area contributed by atoms with Crippen molar-refractivity contribution < 1.29 is 27.0 Å². The molecule has 5 rings (SSSR count). The Morgan fingerprint density at radius 3 is 2.72 bits per heavy atom. The normalized spacial score (nSPS) is 24.7. The van der Waals surface area contributed by atoms with Crippen LogP contribution in [0.1, 0.15) is 42.1 Å². The molecular weight excluding hydrogens is 522 g/mol. The molecule has 1 aromatic carbocycles. The number of hydrogen-bond acceptors (Lipinski definition) is 7. The molecule has 36 heavy (non-hydrogen) atoms. The lowest BCUT2D eigenvalue weighted by Gasteiger charge is -2.36. The summed E-state index contributed by atoms with van der Waals surface area (Å²) in [5.41, 5.74) is -0.519. The van der Waals surface area contributed by atoms with E-state index in [1.165, 1.54) is 29.7 Å². The van der Waals surface area contributed by atoms with Crippen LogP contribution in [0.5, 0.6) is 0 Å². The van der Waals surface area contributed by atoms with E-state index in [0.29, 0.717) is 32.4 Å². The molecule has 0 radical (unpaired) electrons. The number of alkyl halides is 3. The Hall–Kier alpha value is -2.80. The number of nitrogens with zero attached hydrogens (tertiary/aromatic N) is 4. The van der Waals surface area contributed by atoms with Crippen LogP contribution >= 0.6 is 22.9 Å². The summed E-state index contributed by atoms with van der Waals surface area (Å²) in [4.78, 5) is 9.04. The van der Waals surface area contributed by atoms with Crippen LogP contribution < -0.4 is 5.32 Å². The Bertz CT molecular complexity index is 1310. The number of thiazole rings is 1. The smallest absolute Gasteiger partial charge is 0.333 e. The molecule has 0 bridgehead atoms. The molecule has 0 unspecified atom stereocenters. The maximum Gasteiger partial charge on any atom is 0.333 e. The van der Waals surface area contributed by atoms with Gasteiger partial charge in [-0.05, 0) is 24.6 Å². The summed E-state index contributed by atoms with van der Waals surface area (Å²) in [7, 11) is 0. The molecular formula is C23H20ClF4N5O2S. The standard InChI is InChI=1S/C23H20ClF4N5O2S/c1-12-34-10-23(28,11-35-12)7-17-18(13-8-30-33(9-13)22(26)27)19(15-3-2-14(25)6-16(15)24)32-20(31-17)21-29-4-5-36-21/h2-6,8-9,12,19,22H,7,10-11H2,1H3,(H,31,32)/t12-,19-,23-/m0/s1. The third-order valence-corrected chi connectivity index (χ3v) is 6.88. The number of nitrogens with one attached hydrogen (secondary N) is 1.